The maximum absolute atomic E-state index is 13.8. The number of aromatic amines is 1. The first-order valence-electron chi connectivity index (χ1n) is 6.56. The third-order valence-corrected chi connectivity index (χ3v) is 3.29. The van der Waals surface area contributed by atoms with E-state index in [-0.39, 0.29) is 27.7 Å². The molecule has 3 rings (SSSR count). The molecule has 0 unspecified atom stereocenters. The summed E-state index contributed by atoms with van der Waals surface area (Å²) in [4.78, 5) is 10.2. The molecule has 1 aromatic carbocycles. The SMILES string of the molecule is Fc1cccc(F)c1-c1ncc(-c2cc(Cl)cnc2OC(F)F)[nH]1. The summed E-state index contributed by atoms with van der Waals surface area (Å²) in [5, 5.41) is 0.167. The van der Waals surface area contributed by atoms with Gasteiger partial charge in [0.1, 0.15) is 17.5 Å². The average molecular weight is 358 g/mol. The van der Waals surface area contributed by atoms with E-state index >= 15 is 0 Å². The monoisotopic (exact) mass is 357 g/mol. The van der Waals surface area contributed by atoms with E-state index in [1.807, 2.05) is 0 Å². The van der Waals surface area contributed by atoms with E-state index in [2.05, 4.69) is 19.7 Å². The minimum Gasteiger partial charge on any atom is -0.416 e. The highest BCUT2D eigenvalue weighted by Gasteiger charge is 2.18. The number of ether oxygens (including phenoxy) is 1. The topological polar surface area (TPSA) is 50.8 Å². The largest absolute Gasteiger partial charge is 0.416 e. The molecule has 0 saturated heterocycles. The summed E-state index contributed by atoms with van der Waals surface area (Å²) < 4.78 is 56.9. The number of hydrogen-bond acceptors (Lipinski definition) is 3. The molecule has 124 valence electrons. The molecule has 0 amide bonds. The van der Waals surface area contributed by atoms with Gasteiger partial charge < -0.3 is 9.72 Å². The third kappa shape index (κ3) is 3.18. The van der Waals surface area contributed by atoms with E-state index in [0.29, 0.717) is 0 Å². The Balaban J connectivity index is 2.07. The van der Waals surface area contributed by atoms with Crippen LogP contribution in [0, 0.1) is 11.6 Å². The van der Waals surface area contributed by atoms with Crippen molar-refractivity contribution in [2.45, 2.75) is 6.61 Å². The summed E-state index contributed by atoms with van der Waals surface area (Å²) >= 11 is 5.82. The van der Waals surface area contributed by atoms with E-state index in [4.69, 9.17) is 11.6 Å². The van der Waals surface area contributed by atoms with Crippen molar-refractivity contribution >= 4 is 11.6 Å². The van der Waals surface area contributed by atoms with Crippen molar-refractivity contribution in [2.75, 3.05) is 0 Å². The number of nitrogens with zero attached hydrogens (tertiary/aromatic N) is 2. The molecule has 0 saturated carbocycles. The number of benzene rings is 1. The second-order valence-corrected chi connectivity index (χ2v) is 5.06. The van der Waals surface area contributed by atoms with Gasteiger partial charge in [-0.15, -0.1) is 0 Å². The van der Waals surface area contributed by atoms with Crippen LogP contribution in [0.5, 0.6) is 5.88 Å². The van der Waals surface area contributed by atoms with Crippen molar-refractivity contribution in [3.63, 3.8) is 0 Å². The molecule has 0 bridgehead atoms. The van der Waals surface area contributed by atoms with Crippen LogP contribution in [0.3, 0.4) is 0 Å². The van der Waals surface area contributed by atoms with E-state index in [1.165, 1.54) is 18.3 Å². The van der Waals surface area contributed by atoms with Crippen LogP contribution in [0.25, 0.3) is 22.6 Å². The highest BCUT2D eigenvalue weighted by atomic mass is 35.5. The zero-order chi connectivity index (χ0) is 17.3. The summed E-state index contributed by atoms with van der Waals surface area (Å²) in [6, 6.07) is 4.69. The second kappa shape index (κ2) is 6.48. The first-order chi connectivity index (χ1) is 11.5. The highest BCUT2D eigenvalue weighted by Crippen LogP contribution is 2.32. The molecular weight excluding hydrogens is 350 g/mol. The Bertz CT molecular complexity index is 865. The Morgan fingerprint density at radius 2 is 1.79 bits per heavy atom. The van der Waals surface area contributed by atoms with Crippen molar-refractivity contribution in [3.05, 3.63) is 53.3 Å². The maximum Gasteiger partial charge on any atom is 0.388 e. The smallest absolute Gasteiger partial charge is 0.388 e. The summed E-state index contributed by atoms with van der Waals surface area (Å²) in [5.41, 5.74) is -0.119. The summed E-state index contributed by atoms with van der Waals surface area (Å²) in [5.74, 6) is -2.13. The average Bonchev–Trinajstić information content (AvgIpc) is 2.98. The van der Waals surface area contributed by atoms with Crippen molar-refractivity contribution in [1.82, 2.24) is 15.0 Å². The van der Waals surface area contributed by atoms with E-state index in [9.17, 15) is 17.6 Å². The number of imidazole rings is 1. The van der Waals surface area contributed by atoms with Crippen LogP contribution in [0.2, 0.25) is 5.02 Å². The van der Waals surface area contributed by atoms with Gasteiger partial charge in [-0.25, -0.2) is 18.7 Å². The van der Waals surface area contributed by atoms with Gasteiger partial charge in [0.25, 0.3) is 0 Å². The summed E-state index contributed by atoms with van der Waals surface area (Å²) in [6.45, 7) is -3.09. The zero-order valence-electron chi connectivity index (χ0n) is 11.7. The lowest BCUT2D eigenvalue weighted by atomic mass is 10.2. The lowest BCUT2D eigenvalue weighted by Gasteiger charge is -2.08. The van der Waals surface area contributed by atoms with Crippen LogP contribution in [0.15, 0.2) is 36.7 Å². The van der Waals surface area contributed by atoms with Gasteiger partial charge in [0.05, 0.1) is 28.0 Å². The van der Waals surface area contributed by atoms with Gasteiger partial charge in [-0.3, -0.25) is 0 Å². The van der Waals surface area contributed by atoms with Gasteiger partial charge in [0.15, 0.2) is 0 Å². The standard InChI is InChI=1S/C15H8ClF4N3O/c16-7-4-8(14(22-5-7)24-15(19)20)11-6-21-13(23-11)12-9(17)2-1-3-10(12)18/h1-6,15H,(H,21,23). The number of halogens is 5. The molecular formula is C15H8ClF4N3O. The Hall–Kier alpha value is -2.61. The van der Waals surface area contributed by atoms with E-state index < -0.39 is 24.1 Å². The van der Waals surface area contributed by atoms with Crippen LogP contribution >= 0.6 is 11.6 Å². The first-order valence-corrected chi connectivity index (χ1v) is 6.93. The first kappa shape index (κ1) is 16.3. The normalized spacial score (nSPS) is 11.1. The van der Waals surface area contributed by atoms with Crippen molar-refractivity contribution in [1.29, 1.82) is 0 Å². The van der Waals surface area contributed by atoms with Crippen LogP contribution in [0.1, 0.15) is 0 Å². The molecule has 9 heteroatoms. The van der Waals surface area contributed by atoms with Crippen LogP contribution < -0.4 is 4.74 Å². The predicted molar refractivity (Wildman–Crippen MR) is 78.8 cm³/mol. The van der Waals surface area contributed by atoms with Crippen molar-refractivity contribution < 1.29 is 22.3 Å². The van der Waals surface area contributed by atoms with Crippen LogP contribution in [-0.4, -0.2) is 21.6 Å². The number of hydrogen-bond donors (Lipinski definition) is 1. The van der Waals surface area contributed by atoms with E-state index in [1.54, 1.807) is 0 Å². The minimum atomic E-state index is -3.09. The van der Waals surface area contributed by atoms with E-state index in [0.717, 1.165) is 18.3 Å². The van der Waals surface area contributed by atoms with Gasteiger partial charge >= 0.3 is 6.61 Å². The Labute approximate surface area is 138 Å². The van der Waals surface area contributed by atoms with Crippen LogP contribution in [-0.2, 0) is 0 Å². The third-order valence-electron chi connectivity index (χ3n) is 3.08. The number of aromatic nitrogens is 3. The number of H-pyrrole nitrogens is 1. The molecule has 0 atom stereocenters. The molecule has 0 radical (unpaired) electrons. The molecule has 24 heavy (non-hydrogen) atoms. The van der Waals surface area contributed by atoms with Gasteiger partial charge in [0, 0.05) is 6.20 Å². The lowest BCUT2D eigenvalue weighted by Crippen LogP contribution is -2.05. The molecule has 0 fully saturated rings. The van der Waals surface area contributed by atoms with Crippen LogP contribution in [0.4, 0.5) is 17.6 Å². The molecule has 0 aliphatic heterocycles. The van der Waals surface area contributed by atoms with Crippen molar-refractivity contribution in [3.8, 4) is 28.5 Å². The van der Waals surface area contributed by atoms with Crippen molar-refractivity contribution in [2.24, 2.45) is 0 Å². The molecule has 3 aromatic rings. The highest BCUT2D eigenvalue weighted by molar-refractivity contribution is 6.30. The fraction of sp³-hybridized carbons (Fsp3) is 0.0667. The maximum atomic E-state index is 13.8. The minimum absolute atomic E-state index is 0.0818. The summed E-state index contributed by atoms with van der Waals surface area (Å²) in [6.07, 6.45) is 2.35. The fourth-order valence-electron chi connectivity index (χ4n) is 2.11. The molecule has 2 heterocycles. The molecule has 0 aliphatic rings. The Kier molecular flexibility index (Phi) is 4.39. The molecule has 0 aliphatic carbocycles. The number of nitrogens with one attached hydrogen (secondary N) is 1. The molecule has 4 nitrogen and oxygen atoms in total. The van der Waals surface area contributed by atoms with Gasteiger partial charge in [0.2, 0.25) is 5.88 Å². The molecule has 0 spiro atoms. The van der Waals surface area contributed by atoms with Gasteiger partial charge in [-0.05, 0) is 18.2 Å². The number of rotatable bonds is 4. The second-order valence-electron chi connectivity index (χ2n) is 4.63. The van der Waals surface area contributed by atoms with Gasteiger partial charge in [-0.2, -0.15) is 8.78 Å². The molecule has 1 N–H and O–H groups in total. The fourth-order valence-corrected chi connectivity index (χ4v) is 2.27. The van der Waals surface area contributed by atoms with Gasteiger partial charge in [-0.1, -0.05) is 17.7 Å². The Morgan fingerprint density at radius 1 is 1.08 bits per heavy atom. The number of alkyl halides is 2. The predicted octanol–water partition coefficient (Wildman–Crippen LogP) is 4.67. The quantitative estimate of drug-likeness (QED) is 0.690. The zero-order valence-corrected chi connectivity index (χ0v) is 12.5. The summed E-state index contributed by atoms with van der Waals surface area (Å²) in [7, 11) is 0. The number of pyridine rings is 1. The molecule has 2 aromatic heterocycles. The lowest BCUT2D eigenvalue weighted by molar-refractivity contribution is -0.0524. The Morgan fingerprint density at radius 3 is 2.46 bits per heavy atom.